The minimum Gasteiger partial charge on any atom is -0.486 e. The summed E-state index contributed by atoms with van der Waals surface area (Å²) in [5.74, 6) is -1.92. The molecule has 0 radical (unpaired) electrons. The van der Waals surface area contributed by atoms with Crippen LogP contribution in [-0.2, 0) is 9.84 Å². The minimum atomic E-state index is -5.64. The van der Waals surface area contributed by atoms with Crippen molar-refractivity contribution in [1.82, 2.24) is 5.32 Å². The number of nitrogens with zero attached hydrogens (tertiary/aromatic N) is 2. The molecule has 0 aromatic heterocycles. The zero-order valence-electron chi connectivity index (χ0n) is 21.4. The number of carbonyl (C=O) groups is 1. The molecular weight excluding hydrogens is 632 g/mol. The van der Waals surface area contributed by atoms with Crippen molar-refractivity contribution in [2.24, 2.45) is 0 Å². The van der Waals surface area contributed by atoms with E-state index in [2.05, 4.69) is 10.1 Å². The summed E-state index contributed by atoms with van der Waals surface area (Å²) in [6, 6.07) is 13.2. The van der Waals surface area contributed by atoms with Gasteiger partial charge in [-0.3, -0.25) is 4.79 Å². The SMILES string of the molecule is CC(C#N)(COc1cc(C#N)ccc1Oc1ccc(OC(F)(F)F)cc1Cl)NC(=O)c1ccc(S(=O)(=O)C(F)(F)F)cc1. The van der Waals surface area contributed by atoms with Gasteiger partial charge in [-0.25, -0.2) is 8.42 Å². The van der Waals surface area contributed by atoms with Crippen molar-refractivity contribution in [3.05, 3.63) is 76.8 Å². The van der Waals surface area contributed by atoms with Gasteiger partial charge in [0.25, 0.3) is 15.7 Å². The Hall–Kier alpha value is -4.67. The Morgan fingerprint density at radius 3 is 2.09 bits per heavy atom. The molecular formula is C26H16ClF6N3O6S. The van der Waals surface area contributed by atoms with Crippen LogP contribution in [0.1, 0.15) is 22.8 Å². The van der Waals surface area contributed by atoms with Gasteiger partial charge in [0.2, 0.25) is 0 Å². The van der Waals surface area contributed by atoms with Crippen molar-refractivity contribution in [1.29, 1.82) is 10.5 Å². The molecule has 0 aliphatic rings. The molecule has 3 rings (SSSR count). The van der Waals surface area contributed by atoms with Gasteiger partial charge in [-0.05, 0) is 55.5 Å². The van der Waals surface area contributed by atoms with Crippen molar-refractivity contribution >= 4 is 27.3 Å². The van der Waals surface area contributed by atoms with E-state index in [0.717, 1.165) is 30.3 Å². The van der Waals surface area contributed by atoms with Gasteiger partial charge >= 0.3 is 11.9 Å². The fourth-order valence-electron chi connectivity index (χ4n) is 3.21. The number of ether oxygens (including phenoxy) is 3. The molecule has 1 amide bonds. The topological polar surface area (TPSA) is 139 Å². The first-order valence-corrected chi connectivity index (χ1v) is 13.3. The average molecular weight is 648 g/mol. The zero-order valence-corrected chi connectivity index (χ0v) is 23.0. The number of sulfone groups is 1. The highest BCUT2D eigenvalue weighted by Crippen LogP contribution is 2.38. The molecule has 0 saturated heterocycles. The standard InChI is InChI=1S/C26H16ClF6N3O6S/c1-24(13-35,36-23(37)16-3-6-18(7-4-16)43(38,39)26(31,32)33)14-40-22-10-15(12-34)2-8-21(22)41-20-9-5-17(11-19(20)27)42-25(28,29)30/h2-11H,14H2,1H3,(H,36,37). The van der Waals surface area contributed by atoms with E-state index in [1.54, 1.807) is 6.07 Å². The van der Waals surface area contributed by atoms with Crippen molar-refractivity contribution in [2.75, 3.05) is 6.61 Å². The van der Waals surface area contributed by atoms with E-state index in [0.29, 0.717) is 12.1 Å². The Balaban J connectivity index is 1.79. The van der Waals surface area contributed by atoms with Crippen LogP contribution in [0.5, 0.6) is 23.0 Å². The van der Waals surface area contributed by atoms with E-state index in [1.165, 1.54) is 25.1 Å². The van der Waals surface area contributed by atoms with Crippen LogP contribution in [0, 0.1) is 22.7 Å². The first-order valence-electron chi connectivity index (χ1n) is 11.4. The highest BCUT2D eigenvalue weighted by Gasteiger charge is 2.46. The fourth-order valence-corrected chi connectivity index (χ4v) is 4.19. The molecule has 226 valence electrons. The van der Waals surface area contributed by atoms with Gasteiger partial charge in [0.1, 0.15) is 18.1 Å². The molecule has 1 N–H and O–H groups in total. The largest absolute Gasteiger partial charge is 0.573 e. The zero-order chi connectivity index (χ0) is 32.2. The van der Waals surface area contributed by atoms with Crippen LogP contribution in [0.15, 0.2) is 65.6 Å². The molecule has 0 aliphatic heterocycles. The van der Waals surface area contributed by atoms with Gasteiger partial charge in [-0.15, -0.1) is 13.2 Å². The number of hydrogen-bond donors (Lipinski definition) is 1. The first-order chi connectivity index (χ1) is 19.9. The molecule has 9 nitrogen and oxygen atoms in total. The molecule has 43 heavy (non-hydrogen) atoms. The average Bonchev–Trinajstić information content (AvgIpc) is 2.92. The monoisotopic (exact) mass is 647 g/mol. The van der Waals surface area contributed by atoms with Crippen LogP contribution in [-0.4, -0.2) is 38.3 Å². The van der Waals surface area contributed by atoms with E-state index < -0.39 is 50.4 Å². The third-order valence-electron chi connectivity index (χ3n) is 5.31. The molecule has 0 saturated carbocycles. The van der Waals surface area contributed by atoms with Crippen molar-refractivity contribution in [2.45, 2.75) is 29.2 Å². The molecule has 1 unspecified atom stereocenters. The van der Waals surface area contributed by atoms with Crippen LogP contribution >= 0.6 is 11.6 Å². The van der Waals surface area contributed by atoms with Crippen LogP contribution in [0.4, 0.5) is 26.3 Å². The Morgan fingerprint density at radius 1 is 0.930 bits per heavy atom. The molecule has 0 fully saturated rings. The highest BCUT2D eigenvalue weighted by atomic mass is 35.5. The van der Waals surface area contributed by atoms with Crippen molar-refractivity contribution in [3.63, 3.8) is 0 Å². The summed E-state index contributed by atoms with van der Waals surface area (Å²) >= 11 is 6.02. The number of rotatable bonds is 9. The smallest absolute Gasteiger partial charge is 0.486 e. The second-order valence-corrected chi connectivity index (χ2v) is 11.0. The van der Waals surface area contributed by atoms with E-state index >= 15 is 0 Å². The van der Waals surface area contributed by atoms with Gasteiger partial charge in [-0.1, -0.05) is 11.6 Å². The van der Waals surface area contributed by atoms with Crippen LogP contribution in [0.25, 0.3) is 0 Å². The lowest BCUT2D eigenvalue weighted by atomic mass is 10.0. The Kier molecular flexibility index (Phi) is 9.38. The van der Waals surface area contributed by atoms with Gasteiger partial charge in [0.05, 0.1) is 27.6 Å². The summed E-state index contributed by atoms with van der Waals surface area (Å²) in [5.41, 5.74) is -7.53. The summed E-state index contributed by atoms with van der Waals surface area (Å²) in [7, 11) is -5.64. The van der Waals surface area contributed by atoms with Gasteiger partial charge in [-0.2, -0.15) is 23.7 Å². The Bertz CT molecular complexity index is 1720. The number of nitrogens with one attached hydrogen (secondary N) is 1. The molecule has 0 bridgehead atoms. The fraction of sp³-hybridized carbons (Fsp3) is 0.192. The Labute approximate surface area is 244 Å². The highest BCUT2D eigenvalue weighted by molar-refractivity contribution is 7.92. The lowest BCUT2D eigenvalue weighted by molar-refractivity contribution is -0.274. The quantitative estimate of drug-likeness (QED) is 0.268. The molecule has 1 atom stereocenters. The maximum Gasteiger partial charge on any atom is 0.573 e. The van der Waals surface area contributed by atoms with Crippen molar-refractivity contribution < 1.29 is 53.8 Å². The molecule has 3 aromatic rings. The minimum absolute atomic E-state index is 0.0824. The van der Waals surface area contributed by atoms with E-state index in [1.807, 2.05) is 6.07 Å². The number of nitriles is 2. The second kappa shape index (κ2) is 12.3. The predicted molar refractivity (Wildman–Crippen MR) is 136 cm³/mol. The lowest BCUT2D eigenvalue weighted by Crippen LogP contribution is -2.49. The second-order valence-electron chi connectivity index (χ2n) is 8.68. The summed E-state index contributed by atoms with van der Waals surface area (Å²) < 4.78 is 114. The number of hydrogen-bond acceptors (Lipinski definition) is 8. The van der Waals surface area contributed by atoms with Crippen molar-refractivity contribution in [3.8, 4) is 35.1 Å². The molecule has 0 spiro atoms. The summed E-state index contributed by atoms with van der Waals surface area (Å²) in [4.78, 5) is 11.6. The van der Waals surface area contributed by atoms with Gasteiger partial charge in [0, 0.05) is 17.7 Å². The number of halogens is 7. The van der Waals surface area contributed by atoms with E-state index in [9.17, 15) is 50.1 Å². The van der Waals surface area contributed by atoms with Gasteiger partial charge in [0.15, 0.2) is 17.0 Å². The van der Waals surface area contributed by atoms with Crippen LogP contribution in [0.2, 0.25) is 5.02 Å². The van der Waals surface area contributed by atoms with E-state index in [4.69, 9.17) is 21.1 Å². The van der Waals surface area contributed by atoms with Gasteiger partial charge < -0.3 is 19.5 Å². The summed E-state index contributed by atoms with van der Waals surface area (Å²) in [6.45, 7) is 0.658. The molecule has 17 heteroatoms. The van der Waals surface area contributed by atoms with Crippen LogP contribution in [0.3, 0.4) is 0 Å². The lowest BCUT2D eigenvalue weighted by Gasteiger charge is -2.24. The number of amides is 1. The molecule has 0 aliphatic carbocycles. The van der Waals surface area contributed by atoms with E-state index in [-0.39, 0.29) is 33.4 Å². The normalized spacial score (nSPS) is 13.2. The third-order valence-corrected chi connectivity index (χ3v) is 7.11. The molecule has 3 aromatic carbocycles. The molecule has 0 heterocycles. The maximum atomic E-state index is 12.8. The Morgan fingerprint density at radius 2 is 1.56 bits per heavy atom. The number of benzene rings is 3. The third kappa shape index (κ3) is 8.21. The van der Waals surface area contributed by atoms with Crippen LogP contribution < -0.4 is 19.5 Å². The maximum absolute atomic E-state index is 12.8. The number of carbonyl (C=O) groups excluding carboxylic acids is 1. The first kappa shape index (κ1) is 32.8. The summed E-state index contributed by atoms with van der Waals surface area (Å²) in [5, 5.41) is 21.0. The predicted octanol–water partition coefficient (Wildman–Crippen LogP) is 6.29. The summed E-state index contributed by atoms with van der Waals surface area (Å²) in [6.07, 6.45) is -4.96. The number of alkyl halides is 6.